The number of anilines is 1. The van der Waals surface area contributed by atoms with E-state index in [1.165, 1.54) is 10.8 Å². The van der Waals surface area contributed by atoms with Gasteiger partial charge in [0.15, 0.2) is 6.23 Å². The van der Waals surface area contributed by atoms with E-state index < -0.39 is 24.1 Å². The third-order valence-corrected chi connectivity index (χ3v) is 3.55. The number of aliphatic hydroxyl groups excluding tert-OH is 2. The van der Waals surface area contributed by atoms with Gasteiger partial charge in [0.2, 0.25) is 0 Å². The van der Waals surface area contributed by atoms with E-state index in [-0.39, 0.29) is 12.4 Å². The van der Waals surface area contributed by atoms with Crippen molar-refractivity contribution in [2.45, 2.75) is 18.4 Å². The fourth-order valence-corrected chi connectivity index (χ4v) is 2.15. The molecule has 1 aliphatic heterocycles. The van der Waals surface area contributed by atoms with E-state index in [0.717, 1.165) is 0 Å². The molecule has 0 radical (unpaired) electrons. The van der Waals surface area contributed by atoms with Crippen molar-refractivity contribution >= 4 is 28.4 Å². The average molecular weight is 365 g/mol. The second-order valence-corrected chi connectivity index (χ2v) is 5.06. The number of hydrogen-bond acceptors (Lipinski definition) is 6. The van der Waals surface area contributed by atoms with E-state index in [1.54, 1.807) is 0 Å². The molecule has 8 heteroatoms. The quantitative estimate of drug-likeness (QED) is 0.469. The zero-order valence-electron chi connectivity index (χ0n) is 9.28. The van der Waals surface area contributed by atoms with Gasteiger partial charge in [-0.3, -0.25) is 4.57 Å². The van der Waals surface area contributed by atoms with Crippen LogP contribution < -0.4 is 11.4 Å². The highest BCUT2D eigenvalue weighted by atomic mass is 127. The predicted molar refractivity (Wildman–Crippen MR) is 71.8 cm³/mol. The van der Waals surface area contributed by atoms with E-state index in [4.69, 9.17) is 15.6 Å². The fraction of sp³-hybridized carbons (Fsp3) is 0.400. The van der Waals surface area contributed by atoms with E-state index in [0.29, 0.717) is 9.14 Å². The summed E-state index contributed by atoms with van der Waals surface area (Å²) in [6, 6.07) is 0. The Bertz CT molecular complexity index is 544. The van der Waals surface area contributed by atoms with Crippen molar-refractivity contribution in [2.75, 3.05) is 12.3 Å². The summed E-state index contributed by atoms with van der Waals surface area (Å²) in [5.41, 5.74) is 5.23. The van der Waals surface area contributed by atoms with Crippen LogP contribution in [0, 0.1) is 3.57 Å². The topological polar surface area (TPSA) is 111 Å². The minimum Gasteiger partial charge on any atom is -0.394 e. The molecule has 3 atom stereocenters. The number of nitrogen functional groups attached to an aromatic ring is 1. The Morgan fingerprint density at radius 3 is 2.89 bits per heavy atom. The maximum atomic E-state index is 11.7. The SMILES string of the molecule is C=C1C(n2cc(I)c(N)nc2=O)O[C@H](CO)[C@@H]1O. The normalized spacial score (nSPS) is 27.7. The zero-order valence-corrected chi connectivity index (χ0v) is 11.4. The average Bonchev–Trinajstić information content (AvgIpc) is 2.61. The highest BCUT2D eigenvalue weighted by Gasteiger charge is 2.38. The van der Waals surface area contributed by atoms with Crippen LogP contribution in [-0.4, -0.2) is 38.6 Å². The van der Waals surface area contributed by atoms with Gasteiger partial charge in [-0.2, -0.15) is 4.98 Å². The molecule has 0 spiro atoms. The van der Waals surface area contributed by atoms with Gasteiger partial charge in [0, 0.05) is 11.8 Å². The van der Waals surface area contributed by atoms with Gasteiger partial charge in [0.1, 0.15) is 18.0 Å². The number of ether oxygens (including phenoxy) is 1. The van der Waals surface area contributed by atoms with Crippen molar-refractivity contribution < 1.29 is 14.9 Å². The van der Waals surface area contributed by atoms with Crippen molar-refractivity contribution in [3.63, 3.8) is 0 Å². The highest BCUT2D eigenvalue weighted by molar-refractivity contribution is 14.1. The van der Waals surface area contributed by atoms with Gasteiger partial charge in [-0.25, -0.2) is 4.79 Å². The standard InChI is InChI=1S/C10H12IN3O4/c1-4-7(16)6(3-15)18-9(4)14-2-5(11)8(12)13-10(14)17/h2,6-7,9,15-16H,1,3H2,(H2,12,13,17)/t6-,7-,9?/m1/s1. The van der Waals surface area contributed by atoms with Gasteiger partial charge in [0.25, 0.3) is 0 Å². The predicted octanol–water partition coefficient (Wildman–Crippen LogP) is -0.763. The second-order valence-electron chi connectivity index (χ2n) is 3.89. The smallest absolute Gasteiger partial charge is 0.351 e. The largest absolute Gasteiger partial charge is 0.394 e. The zero-order chi connectivity index (χ0) is 13.4. The minimum atomic E-state index is -1.01. The lowest BCUT2D eigenvalue weighted by Gasteiger charge is -2.15. The molecule has 7 nitrogen and oxygen atoms in total. The molecule has 1 aromatic heterocycles. The maximum absolute atomic E-state index is 11.7. The van der Waals surface area contributed by atoms with Crippen LogP contribution in [0.2, 0.25) is 0 Å². The van der Waals surface area contributed by atoms with Gasteiger partial charge in [-0.05, 0) is 22.6 Å². The maximum Gasteiger partial charge on any atom is 0.351 e. The van der Waals surface area contributed by atoms with Crippen LogP contribution in [0.3, 0.4) is 0 Å². The van der Waals surface area contributed by atoms with Gasteiger partial charge < -0.3 is 20.7 Å². The lowest BCUT2D eigenvalue weighted by atomic mass is 10.1. The molecule has 0 amide bonds. The summed E-state index contributed by atoms with van der Waals surface area (Å²) in [6.07, 6.45) is -1.16. The third kappa shape index (κ3) is 2.16. The molecule has 0 aromatic carbocycles. The summed E-state index contributed by atoms with van der Waals surface area (Å²) in [6.45, 7) is 3.32. The first kappa shape index (κ1) is 13.5. The van der Waals surface area contributed by atoms with E-state index in [9.17, 15) is 9.90 Å². The summed E-state index contributed by atoms with van der Waals surface area (Å²) in [5, 5.41) is 18.8. The monoisotopic (exact) mass is 365 g/mol. The number of halogens is 1. The van der Waals surface area contributed by atoms with Crippen LogP contribution in [0.15, 0.2) is 23.1 Å². The summed E-state index contributed by atoms with van der Waals surface area (Å²) in [5.74, 6) is 0.139. The molecule has 0 saturated carbocycles. The highest BCUT2D eigenvalue weighted by Crippen LogP contribution is 2.32. The molecule has 0 aliphatic carbocycles. The first-order valence-electron chi connectivity index (χ1n) is 5.13. The first-order chi connectivity index (χ1) is 8.45. The molecule has 18 heavy (non-hydrogen) atoms. The number of nitrogens with zero attached hydrogens (tertiary/aromatic N) is 2. The molecule has 2 rings (SSSR count). The first-order valence-corrected chi connectivity index (χ1v) is 6.20. The Morgan fingerprint density at radius 2 is 2.33 bits per heavy atom. The van der Waals surface area contributed by atoms with Crippen LogP contribution >= 0.6 is 22.6 Å². The van der Waals surface area contributed by atoms with Crippen molar-refractivity contribution in [3.8, 4) is 0 Å². The third-order valence-electron chi connectivity index (χ3n) is 2.72. The summed E-state index contributed by atoms with van der Waals surface area (Å²) in [7, 11) is 0. The Balaban J connectivity index is 2.42. The van der Waals surface area contributed by atoms with Crippen molar-refractivity contribution in [1.82, 2.24) is 9.55 Å². The number of nitrogens with two attached hydrogens (primary N) is 1. The molecule has 98 valence electrons. The number of aliphatic hydroxyl groups is 2. The Kier molecular flexibility index (Phi) is 3.71. The van der Waals surface area contributed by atoms with Crippen LogP contribution in [0.4, 0.5) is 5.82 Å². The van der Waals surface area contributed by atoms with E-state index >= 15 is 0 Å². The Hall–Kier alpha value is -0.970. The molecule has 1 unspecified atom stereocenters. The molecule has 1 saturated heterocycles. The van der Waals surface area contributed by atoms with Crippen LogP contribution in [0.5, 0.6) is 0 Å². The molecule has 2 heterocycles. The number of rotatable bonds is 2. The van der Waals surface area contributed by atoms with E-state index in [1.807, 2.05) is 22.6 Å². The molecule has 1 fully saturated rings. The molecule has 1 aliphatic rings. The lowest BCUT2D eigenvalue weighted by molar-refractivity contribution is -0.0447. The van der Waals surface area contributed by atoms with Crippen LogP contribution in [0.25, 0.3) is 0 Å². The number of hydrogen-bond donors (Lipinski definition) is 3. The van der Waals surface area contributed by atoms with Crippen LogP contribution in [0.1, 0.15) is 6.23 Å². The molecular formula is C10H12IN3O4. The van der Waals surface area contributed by atoms with Crippen LogP contribution in [-0.2, 0) is 4.74 Å². The Labute approximate surface area is 116 Å². The summed E-state index contributed by atoms with van der Waals surface area (Å²) >= 11 is 1.94. The lowest BCUT2D eigenvalue weighted by Crippen LogP contribution is -2.29. The molecule has 4 N–H and O–H groups in total. The summed E-state index contributed by atoms with van der Waals surface area (Å²) < 4.78 is 7.16. The van der Waals surface area contributed by atoms with Gasteiger partial charge >= 0.3 is 5.69 Å². The molecular weight excluding hydrogens is 353 g/mol. The second kappa shape index (κ2) is 4.96. The van der Waals surface area contributed by atoms with Crippen molar-refractivity contribution in [1.29, 1.82) is 0 Å². The van der Waals surface area contributed by atoms with Crippen molar-refractivity contribution in [3.05, 3.63) is 32.4 Å². The van der Waals surface area contributed by atoms with Gasteiger partial charge in [-0.1, -0.05) is 6.58 Å². The number of aromatic nitrogens is 2. The van der Waals surface area contributed by atoms with E-state index in [2.05, 4.69) is 11.6 Å². The van der Waals surface area contributed by atoms with Gasteiger partial charge in [0.05, 0.1) is 10.2 Å². The van der Waals surface area contributed by atoms with Crippen molar-refractivity contribution in [2.24, 2.45) is 0 Å². The fourth-order valence-electron chi connectivity index (χ4n) is 1.72. The minimum absolute atomic E-state index is 0.139. The molecule has 0 bridgehead atoms. The molecule has 1 aromatic rings. The van der Waals surface area contributed by atoms with Gasteiger partial charge in [-0.15, -0.1) is 0 Å². The Morgan fingerprint density at radius 1 is 1.67 bits per heavy atom. The summed E-state index contributed by atoms with van der Waals surface area (Å²) in [4.78, 5) is 15.4.